The molecule has 2 fully saturated rings. The number of nitrogens with one attached hydrogen (secondary N) is 1. The first-order valence-corrected chi connectivity index (χ1v) is 10.4. The largest absolute Gasteiger partial charge is 0.494 e. The van der Waals surface area contributed by atoms with Crippen LogP contribution in [-0.4, -0.2) is 36.5 Å². The van der Waals surface area contributed by atoms with E-state index in [1.165, 1.54) is 25.8 Å². The Kier molecular flexibility index (Phi) is 6.58. The van der Waals surface area contributed by atoms with Gasteiger partial charge in [0.2, 0.25) is 5.91 Å². The number of benzene rings is 1. The van der Waals surface area contributed by atoms with Crippen LogP contribution in [0.15, 0.2) is 24.3 Å². The first-order chi connectivity index (χ1) is 12.6. The Morgan fingerprint density at radius 1 is 1.19 bits per heavy atom. The maximum atomic E-state index is 12.5. The minimum Gasteiger partial charge on any atom is -0.494 e. The van der Waals surface area contributed by atoms with Gasteiger partial charge in [-0.1, -0.05) is 26.2 Å². The Bertz CT molecular complexity index is 578. The smallest absolute Gasteiger partial charge is 0.230 e. The number of amides is 1. The van der Waals surface area contributed by atoms with E-state index in [2.05, 4.69) is 24.1 Å². The summed E-state index contributed by atoms with van der Waals surface area (Å²) in [6, 6.07) is 8.51. The van der Waals surface area contributed by atoms with E-state index < -0.39 is 0 Å². The third kappa shape index (κ3) is 5.00. The summed E-state index contributed by atoms with van der Waals surface area (Å²) in [6.45, 7) is 7.50. The molecule has 4 nitrogen and oxygen atoms in total. The van der Waals surface area contributed by atoms with E-state index in [4.69, 9.17) is 4.74 Å². The highest BCUT2D eigenvalue weighted by atomic mass is 16.5. The first-order valence-electron chi connectivity index (χ1n) is 10.4. The zero-order valence-electron chi connectivity index (χ0n) is 16.4. The molecule has 0 aromatic heterocycles. The van der Waals surface area contributed by atoms with Gasteiger partial charge in [-0.2, -0.15) is 0 Å². The normalized spacial score (nSPS) is 22.9. The minimum absolute atomic E-state index is 0.152. The molecule has 0 bridgehead atoms. The van der Waals surface area contributed by atoms with Crippen LogP contribution in [0.4, 0.5) is 5.69 Å². The van der Waals surface area contributed by atoms with E-state index in [9.17, 15) is 4.79 Å². The third-order valence-electron chi connectivity index (χ3n) is 6.17. The minimum atomic E-state index is -0.194. The van der Waals surface area contributed by atoms with Crippen molar-refractivity contribution in [2.45, 2.75) is 71.3 Å². The van der Waals surface area contributed by atoms with Crippen molar-refractivity contribution in [3.05, 3.63) is 24.3 Å². The van der Waals surface area contributed by atoms with E-state index in [0.29, 0.717) is 6.04 Å². The molecule has 3 rings (SSSR count). The lowest BCUT2D eigenvalue weighted by Gasteiger charge is -2.33. The van der Waals surface area contributed by atoms with Gasteiger partial charge < -0.3 is 15.0 Å². The molecule has 2 aliphatic rings. The topological polar surface area (TPSA) is 41.6 Å². The molecule has 1 N–H and O–H groups in total. The Balaban J connectivity index is 1.39. The SMILES string of the molecule is CC1CCCCN1CCCOc1ccc(NC(=O)C2(C)CCCC2)cc1. The number of anilines is 1. The van der Waals surface area contributed by atoms with Crippen LogP contribution >= 0.6 is 0 Å². The van der Waals surface area contributed by atoms with Gasteiger partial charge in [0.1, 0.15) is 5.75 Å². The van der Waals surface area contributed by atoms with Gasteiger partial charge >= 0.3 is 0 Å². The molecule has 0 radical (unpaired) electrons. The zero-order chi connectivity index (χ0) is 18.4. The van der Waals surface area contributed by atoms with Crippen LogP contribution < -0.4 is 10.1 Å². The Labute approximate surface area is 158 Å². The lowest BCUT2D eigenvalue weighted by molar-refractivity contribution is -0.124. The molecule has 1 aliphatic heterocycles. The van der Waals surface area contributed by atoms with Gasteiger partial charge in [0, 0.05) is 23.7 Å². The number of hydrogen-bond donors (Lipinski definition) is 1. The molecule has 1 unspecified atom stereocenters. The summed E-state index contributed by atoms with van der Waals surface area (Å²) in [5.41, 5.74) is 0.665. The average Bonchev–Trinajstić information content (AvgIpc) is 3.09. The quantitative estimate of drug-likeness (QED) is 0.709. The standard InChI is InChI=1S/C22H34N2O2/c1-18-8-3-6-15-24(18)16-7-17-26-20-11-9-19(10-12-20)23-21(25)22(2)13-4-5-14-22/h9-12,18H,3-8,13-17H2,1-2H3,(H,23,25). The van der Waals surface area contributed by atoms with Crippen molar-refractivity contribution in [1.82, 2.24) is 4.90 Å². The van der Waals surface area contributed by atoms with Gasteiger partial charge in [-0.05, 0) is 69.8 Å². The summed E-state index contributed by atoms with van der Waals surface area (Å²) in [5.74, 6) is 1.03. The summed E-state index contributed by atoms with van der Waals surface area (Å²) < 4.78 is 5.87. The molecular formula is C22H34N2O2. The molecule has 1 saturated heterocycles. The van der Waals surface area contributed by atoms with E-state index in [1.807, 2.05) is 24.3 Å². The van der Waals surface area contributed by atoms with Crippen LogP contribution in [0.1, 0.15) is 65.2 Å². The summed E-state index contributed by atoms with van der Waals surface area (Å²) in [7, 11) is 0. The highest BCUT2D eigenvalue weighted by Gasteiger charge is 2.36. The third-order valence-corrected chi connectivity index (χ3v) is 6.17. The number of ether oxygens (including phenoxy) is 1. The van der Waals surface area contributed by atoms with Gasteiger partial charge in [0.15, 0.2) is 0 Å². The molecule has 1 heterocycles. The number of carbonyl (C=O) groups excluding carboxylic acids is 1. The lowest BCUT2D eigenvalue weighted by Crippen LogP contribution is -2.38. The summed E-state index contributed by atoms with van der Waals surface area (Å²) >= 11 is 0. The fraction of sp³-hybridized carbons (Fsp3) is 0.682. The second-order valence-electron chi connectivity index (χ2n) is 8.33. The maximum absolute atomic E-state index is 12.5. The second kappa shape index (κ2) is 8.90. The Hall–Kier alpha value is -1.55. The first kappa shape index (κ1) is 19.2. The van der Waals surface area contributed by atoms with Crippen LogP contribution in [0.25, 0.3) is 0 Å². The monoisotopic (exact) mass is 358 g/mol. The molecule has 1 aliphatic carbocycles. The molecule has 1 aromatic carbocycles. The van der Waals surface area contributed by atoms with Crippen molar-refractivity contribution < 1.29 is 9.53 Å². The van der Waals surface area contributed by atoms with E-state index in [1.54, 1.807) is 0 Å². The molecule has 0 spiro atoms. The molecule has 1 aromatic rings. The van der Waals surface area contributed by atoms with Crippen molar-refractivity contribution in [2.75, 3.05) is 25.0 Å². The summed E-state index contributed by atoms with van der Waals surface area (Å²) in [4.78, 5) is 15.0. The molecule has 144 valence electrons. The molecule has 4 heteroatoms. The predicted octanol–water partition coefficient (Wildman–Crippen LogP) is 4.85. The number of likely N-dealkylation sites (tertiary alicyclic amines) is 1. The summed E-state index contributed by atoms with van der Waals surface area (Å²) in [5, 5.41) is 3.07. The maximum Gasteiger partial charge on any atom is 0.230 e. The number of rotatable bonds is 7. The fourth-order valence-corrected chi connectivity index (χ4v) is 4.25. The highest BCUT2D eigenvalue weighted by Crippen LogP contribution is 2.38. The van der Waals surface area contributed by atoms with Gasteiger partial charge in [-0.3, -0.25) is 4.79 Å². The average molecular weight is 359 g/mol. The van der Waals surface area contributed by atoms with E-state index >= 15 is 0 Å². The fourth-order valence-electron chi connectivity index (χ4n) is 4.25. The highest BCUT2D eigenvalue weighted by molar-refractivity contribution is 5.95. The van der Waals surface area contributed by atoms with Gasteiger partial charge in [-0.25, -0.2) is 0 Å². The number of carbonyl (C=O) groups is 1. The van der Waals surface area contributed by atoms with E-state index in [0.717, 1.165) is 56.7 Å². The predicted molar refractivity (Wildman–Crippen MR) is 107 cm³/mol. The van der Waals surface area contributed by atoms with Gasteiger partial charge in [-0.15, -0.1) is 0 Å². The van der Waals surface area contributed by atoms with Crippen molar-refractivity contribution in [1.29, 1.82) is 0 Å². The lowest BCUT2D eigenvalue weighted by atomic mass is 9.88. The molecular weight excluding hydrogens is 324 g/mol. The molecule has 1 atom stereocenters. The Morgan fingerprint density at radius 2 is 1.92 bits per heavy atom. The Morgan fingerprint density at radius 3 is 2.62 bits per heavy atom. The van der Waals surface area contributed by atoms with Crippen LogP contribution in [0.5, 0.6) is 5.75 Å². The van der Waals surface area contributed by atoms with Crippen LogP contribution in [0.3, 0.4) is 0 Å². The van der Waals surface area contributed by atoms with Gasteiger partial charge in [0.25, 0.3) is 0 Å². The number of hydrogen-bond acceptors (Lipinski definition) is 3. The molecule has 1 saturated carbocycles. The zero-order valence-corrected chi connectivity index (χ0v) is 16.4. The molecule has 26 heavy (non-hydrogen) atoms. The van der Waals surface area contributed by atoms with Crippen molar-refractivity contribution >= 4 is 11.6 Å². The van der Waals surface area contributed by atoms with Gasteiger partial charge in [0.05, 0.1) is 6.61 Å². The number of piperidine rings is 1. The van der Waals surface area contributed by atoms with E-state index in [-0.39, 0.29) is 11.3 Å². The summed E-state index contributed by atoms with van der Waals surface area (Å²) in [6.07, 6.45) is 9.40. The van der Waals surface area contributed by atoms with Crippen LogP contribution in [0, 0.1) is 5.41 Å². The van der Waals surface area contributed by atoms with Crippen molar-refractivity contribution in [3.63, 3.8) is 0 Å². The van der Waals surface area contributed by atoms with Crippen LogP contribution in [-0.2, 0) is 4.79 Å². The van der Waals surface area contributed by atoms with Crippen LogP contribution in [0.2, 0.25) is 0 Å². The molecule has 1 amide bonds. The van der Waals surface area contributed by atoms with Crippen molar-refractivity contribution in [3.8, 4) is 5.75 Å². The number of nitrogens with zero attached hydrogens (tertiary/aromatic N) is 1. The second-order valence-corrected chi connectivity index (χ2v) is 8.33. The van der Waals surface area contributed by atoms with Crippen molar-refractivity contribution in [2.24, 2.45) is 5.41 Å².